The summed E-state index contributed by atoms with van der Waals surface area (Å²) in [7, 11) is 0. The van der Waals surface area contributed by atoms with Crippen LogP contribution < -0.4 is 22.3 Å². The second-order valence-corrected chi connectivity index (χ2v) is 4.20. The summed E-state index contributed by atoms with van der Waals surface area (Å²) in [5.41, 5.74) is 17.2. The highest BCUT2D eigenvalue weighted by Gasteiger charge is 2.45. The van der Waals surface area contributed by atoms with E-state index in [9.17, 15) is 0 Å². The maximum Gasteiger partial charge on any atom is 0.0873 e. The van der Waals surface area contributed by atoms with Crippen LogP contribution in [0.4, 0.5) is 0 Å². The third kappa shape index (κ3) is 1.45. The molecule has 0 amide bonds. The number of hydrogen-bond donors (Lipinski definition) is 4. The van der Waals surface area contributed by atoms with Crippen LogP contribution in [-0.2, 0) is 0 Å². The molecule has 4 atom stereocenters. The molecule has 2 rings (SSSR count). The molecule has 1 saturated heterocycles. The van der Waals surface area contributed by atoms with E-state index >= 15 is 0 Å². The van der Waals surface area contributed by atoms with Gasteiger partial charge in [0.1, 0.15) is 0 Å². The maximum atomic E-state index is 5.86. The molecule has 1 saturated carbocycles. The van der Waals surface area contributed by atoms with Crippen molar-refractivity contribution in [3.8, 4) is 0 Å². The number of halogens is 1. The van der Waals surface area contributed by atoms with E-state index in [-0.39, 0.29) is 17.6 Å². The Hall–Kier alpha value is 0.130. The zero-order valence-electron chi connectivity index (χ0n) is 6.83. The van der Waals surface area contributed by atoms with Crippen molar-refractivity contribution >= 4 is 11.6 Å². The first-order chi connectivity index (χ1) is 5.70. The minimum Gasteiger partial charge on any atom is -0.315 e. The Morgan fingerprint density at radius 3 is 2.50 bits per heavy atom. The van der Waals surface area contributed by atoms with Gasteiger partial charge in [-0.25, -0.2) is 5.43 Å². The first-order valence-corrected chi connectivity index (χ1v) is 4.80. The summed E-state index contributed by atoms with van der Waals surface area (Å²) in [5.74, 6) is 0.875. The van der Waals surface area contributed by atoms with Gasteiger partial charge in [0.05, 0.1) is 11.7 Å². The van der Waals surface area contributed by atoms with E-state index in [0.29, 0.717) is 6.04 Å². The first-order valence-electron chi connectivity index (χ1n) is 4.36. The van der Waals surface area contributed by atoms with Crippen molar-refractivity contribution in [1.29, 1.82) is 0 Å². The Balaban J connectivity index is 2.03. The molecule has 0 aromatic carbocycles. The highest BCUT2D eigenvalue weighted by Crippen LogP contribution is 2.38. The Labute approximate surface area is 77.0 Å². The van der Waals surface area contributed by atoms with E-state index < -0.39 is 0 Å². The van der Waals surface area contributed by atoms with Crippen molar-refractivity contribution < 1.29 is 0 Å². The number of alkyl halides is 1. The summed E-state index contributed by atoms with van der Waals surface area (Å²) in [6, 6.07) is 0.368. The summed E-state index contributed by atoms with van der Waals surface area (Å²) in [5, 5.41) is 0. The van der Waals surface area contributed by atoms with Crippen LogP contribution in [-0.4, -0.2) is 17.7 Å². The molecule has 1 heterocycles. The fourth-order valence-electron chi connectivity index (χ4n) is 1.89. The fraction of sp³-hybridized carbons (Fsp3) is 1.00. The van der Waals surface area contributed by atoms with Gasteiger partial charge in [-0.2, -0.15) is 0 Å². The molecule has 2 fully saturated rings. The Bertz CT molecular complexity index is 171. The van der Waals surface area contributed by atoms with Crippen LogP contribution in [0.2, 0.25) is 0 Å². The van der Waals surface area contributed by atoms with Crippen LogP contribution in [0.15, 0.2) is 0 Å². The fourth-order valence-corrected chi connectivity index (χ4v) is 2.21. The summed E-state index contributed by atoms with van der Waals surface area (Å²) in [4.78, 5) is 0. The molecule has 0 radical (unpaired) electrons. The van der Waals surface area contributed by atoms with Gasteiger partial charge in [0, 0.05) is 12.0 Å². The van der Waals surface area contributed by atoms with Gasteiger partial charge in [-0.05, 0) is 18.8 Å². The molecular weight excluding hydrogens is 176 g/mol. The first kappa shape index (κ1) is 8.72. The molecule has 70 valence electrons. The van der Waals surface area contributed by atoms with Crippen molar-refractivity contribution in [2.75, 3.05) is 0 Å². The van der Waals surface area contributed by atoms with Gasteiger partial charge in [-0.1, -0.05) is 0 Å². The monoisotopic (exact) mass is 190 g/mol. The van der Waals surface area contributed by atoms with E-state index in [1.807, 2.05) is 0 Å². The highest BCUT2D eigenvalue weighted by molar-refractivity contribution is 6.20. The molecule has 6 N–H and O–H groups in total. The van der Waals surface area contributed by atoms with Crippen LogP contribution in [0, 0.1) is 11.8 Å². The SMILES string of the molecule is NC(Cl)C1C(N)NNC1C1CC1. The molecule has 12 heavy (non-hydrogen) atoms. The van der Waals surface area contributed by atoms with Crippen molar-refractivity contribution in [1.82, 2.24) is 10.9 Å². The topological polar surface area (TPSA) is 76.1 Å². The lowest BCUT2D eigenvalue weighted by Crippen LogP contribution is -2.44. The van der Waals surface area contributed by atoms with Crippen LogP contribution in [0.5, 0.6) is 0 Å². The van der Waals surface area contributed by atoms with Crippen molar-refractivity contribution in [2.24, 2.45) is 23.3 Å². The highest BCUT2D eigenvalue weighted by atomic mass is 35.5. The molecular formula is C7H15ClN4. The number of nitrogens with one attached hydrogen (secondary N) is 2. The smallest absolute Gasteiger partial charge is 0.0873 e. The maximum absolute atomic E-state index is 5.86. The zero-order valence-corrected chi connectivity index (χ0v) is 7.59. The molecule has 0 spiro atoms. The van der Waals surface area contributed by atoms with Gasteiger partial charge in [0.15, 0.2) is 0 Å². The third-order valence-corrected chi connectivity index (χ3v) is 3.03. The minimum absolute atomic E-state index is 0.108. The third-order valence-electron chi connectivity index (χ3n) is 2.74. The molecule has 1 aliphatic carbocycles. The van der Waals surface area contributed by atoms with Gasteiger partial charge in [0.25, 0.3) is 0 Å². The van der Waals surface area contributed by atoms with Crippen LogP contribution in [0.3, 0.4) is 0 Å². The number of hydrazine groups is 1. The molecule has 4 nitrogen and oxygen atoms in total. The Morgan fingerprint density at radius 1 is 1.33 bits per heavy atom. The lowest BCUT2D eigenvalue weighted by atomic mass is 9.95. The summed E-state index contributed by atoms with van der Waals surface area (Å²) >= 11 is 5.86. The van der Waals surface area contributed by atoms with Gasteiger partial charge in [-0.15, -0.1) is 11.6 Å². The van der Waals surface area contributed by atoms with Crippen LogP contribution >= 0.6 is 11.6 Å². The molecule has 4 unspecified atom stereocenters. The van der Waals surface area contributed by atoms with Crippen LogP contribution in [0.1, 0.15) is 12.8 Å². The van der Waals surface area contributed by atoms with Crippen molar-refractivity contribution in [2.45, 2.75) is 30.6 Å². The minimum atomic E-state index is -0.354. The van der Waals surface area contributed by atoms with Gasteiger partial charge >= 0.3 is 0 Å². The summed E-state index contributed by atoms with van der Waals surface area (Å²) < 4.78 is 0. The van der Waals surface area contributed by atoms with Crippen molar-refractivity contribution in [3.05, 3.63) is 0 Å². The van der Waals surface area contributed by atoms with Gasteiger partial charge < -0.3 is 11.5 Å². The Kier molecular flexibility index (Phi) is 2.27. The normalized spacial score (nSPS) is 44.8. The lowest BCUT2D eigenvalue weighted by Gasteiger charge is -2.22. The second-order valence-electron chi connectivity index (χ2n) is 3.70. The average molecular weight is 191 g/mol. The molecule has 0 aromatic heterocycles. The molecule has 1 aliphatic heterocycles. The largest absolute Gasteiger partial charge is 0.315 e. The average Bonchev–Trinajstić information content (AvgIpc) is 2.75. The predicted octanol–water partition coefficient (Wildman–Crippen LogP) is -0.703. The molecule has 0 aromatic rings. The van der Waals surface area contributed by atoms with Gasteiger partial charge in [0.2, 0.25) is 0 Å². The second kappa shape index (κ2) is 3.12. The lowest BCUT2D eigenvalue weighted by molar-refractivity contribution is 0.372. The summed E-state index contributed by atoms with van der Waals surface area (Å²) in [6.07, 6.45) is 2.43. The number of rotatable bonds is 2. The van der Waals surface area contributed by atoms with E-state index in [1.165, 1.54) is 12.8 Å². The van der Waals surface area contributed by atoms with E-state index in [2.05, 4.69) is 10.9 Å². The predicted molar refractivity (Wildman–Crippen MR) is 48.1 cm³/mol. The number of hydrogen-bond acceptors (Lipinski definition) is 4. The van der Waals surface area contributed by atoms with Crippen molar-refractivity contribution in [3.63, 3.8) is 0 Å². The molecule has 2 aliphatic rings. The number of nitrogens with two attached hydrogens (primary N) is 2. The van der Waals surface area contributed by atoms with Gasteiger partial charge in [-0.3, -0.25) is 5.43 Å². The molecule has 5 heteroatoms. The molecule has 0 bridgehead atoms. The Morgan fingerprint density at radius 2 is 2.00 bits per heavy atom. The quantitative estimate of drug-likeness (QED) is 0.343. The van der Waals surface area contributed by atoms with Crippen LogP contribution in [0.25, 0.3) is 0 Å². The van der Waals surface area contributed by atoms with E-state index in [1.54, 1.807) is 0 Å². The van der Waals surface area contributed by atoms with E-state index in [4.69, 9.17) is 23.1 Å². The zero-order chi connectivity index (χ0) is 8.72. The van der Waals surface area contributed by atoms with E-state index in [0.717, 1.165) is 5.92 Å². The summed E-state index contributed by atoms with van der Waals surface area (Å²) in [6.45, 7) is 0. The standard InChI is InChI=1S/C7H15ClN4/c8-6(9)4-5(3-1-2-3)11-12-7(4)10/h3-7,11-12H,1-2,9-10H2.